The normalized spacial score (nSPS) is 25.5. The van der Waals surface area contributed by atoms with E-state index in [1.807, 2.05) is 30.3 Å². The molecule has 4 atom stereocenters. The standard InChI is InChI=1S/C32H36FN3O7/c1-31(2,17-8-6-5-7-9-17)14-35-13-16-12-20(37)22-18(24(16)33)10-15-11-19-25(36(3)4)27(39)23(30(34)42)29(41)32(19,43)28(40)21(15)26(22)38/h5-9,12,15,19,25,35,37-38,41,43H,10-11,13-14H2,1-4H3,(H2,34,42)/t15-,19-,25-,32-/m0/s1. The van der Waals surface area contributed by atoms with Gasteiger partial charge in [0.1, 0.15) is 28.7 Å². The zero-order chi connectivity index (χ0) is 31.6. The number of phenolic OH excluding ortho intramolecular Hbond substituents is 1. The van der Waals surface area contributed by atoms with Crippen molar-refractivity contribution in [3.8, 4) is 5.75 Å². The number of hydrogen-bond donors (Lipinski definition) is 6. The number of Topliss-reactive ketones (excluding diaryl/α,β-unsaturated/α-hetero) is 2. The zero-order valence-corrected chi connectivity index (χ0v) is 24.4. The predicted octanol–water partition coefficient (Wildman–Crippen LogP) is 2.17. The number of nitrogens with zero attached hydrogens (tertiary/aromatic N) is 1. The highest BCUT2D eigenvalue weighted by Gasteiger charge is 2.64. The zero-order valence-electron chi connectivity index (χ0n) is 24.4. The lowest BCUT2D eigenvalue weighted by atomic mass is 9.57. The molecule has 43 heavy (non-hydrogen) atoms. The lowest BCUT2D eigenvalue weighted by Gasteiger charge is -2.50. The van der Waals surface area contributed by atoms with Gasteiger partial charge in [0.2, 0.25) is 5.78 Å². The summed E-state index contributed by atoms with van der Waals surface area (Å²) in [5, 5.41) is 48.0. The number of benzene rings is 2. The number of fused-ring (bicyclic) bond motifs is 3. The van der Waals surface area contributed by atoms with E-state index in [-0.39, 0.29) is 47.1 Å². The first-order valence-electron chi connectivity index (χ1n) is 14.1. The number of ketones is 2. The van der Waals surface area contributed by atoms with Crippen LogP contribution in [0.4, 0.5) is 4.39 Å². The molecule has 0 bridgehead atoms. The highest BCUT2D eigenvalue weighted by Crippen LogP contribution is 2.53. The number of aliphatic hydroxyl groups is 3. The number of halogens is 1. The second-order valence-electron chi connectivity index (χ2n) is 12.5. The van der Waals surface area contributed by atoms with Gasteiger partial charge in [-0.1, -0.05) is 44.2 Å². The minimum Gasteiger partial charge on any atom is -0.508 e. The topological polar surface area (TPSA) is 173 Å². The molecule has 7 N–H and O–H groups in total. The summed E-state index contributed by atoms with van der Waals surface area (Å²) in [6, 6.07) is 9.82. The van der Waals surface area contributed by atoms with Crippen molar-refractivity contribution in [3.05, 3.63) is 81.4 Å². The number of carbonyl (C=O) groups excluding carboxylic acids is 3. The maximum absolute atomic E-state index is 16.0. The van der Waals surface area contributed by atoms with Crippen LogP contribution in [-0.4, -0.2) is 75.1 Å². The molecule has 10 nitrogen and oxygen atoms in total. The Morgan fingerprint density at radius 3 is 2.42 bits per heavy atom. The number of aromatic hydroxyl groups is 1. The monoisotopic (exact) mass is 593 g/mol. The number of rotatable bonds is 7. The van der Waals surface area contributed by atoms with Crippen molar-refractivity contribution in [3.63, 3.8) is 0 Å². The van der Waals surface area contributed by atoms with Crippen LogP contribution in [0, 0.1) is 17.7 Å². The van der Waals surface area contributed by atoms with Gasteiger partial charge in [0.25, 0.3) is 5.91 Å². The first-order valence-corrected chi connectivity index (χ1v) is 14.1. The molecular weight excluding hydrogens is 557 g/mol. The van der Waals surface area contributed by atoms with Crippen molar-refractivity contribution >= 4 is 23.2 Å². The lowest BCUT2D eigenvalue weighted by Crippen LogP contribution is -2.65. The highest BCUT2D eigenvalue weighted by atomic mass is 19.1. The van der Waals surface area contributed by atoms with Gasteiger partial charge in [-0.05, 0) is 44.5 Å². The number of nitrogens with two attached hydrogens (primary N) is 1. The van der Waals surface area contributed by atoms with Crippen LogP contribution in [0.5, 0.6) is 5.75 Å². The Bertz CT molecular complexity index is 1600. The van der Waals surface area contributed by atoms with E-state index in [0.717, 1.165) is 5.56 Å². The van der Waals surface area contributed by atoms with Gasteiger partial charge in [-0.3, -0.25) is 19.3 Å². The molecule has 0 aliphatic heterocycles. The molecule has 0 saturated heterocycles. The molecule has 0 unspecified atom stereocenters. The van der Waals surface area contributed by atoms with Gasteiger partial charge in [-0.15, -0.1) is 0 Å². The molecule has 3 aliphatic rings. The Balaban J connectivity index is 1.52. The molecule has 5 rings (SSSR count). The minimum absolute atomic E-state index is 0.00439. The van der Waals surface area contributed by atoms with Crippen molar-refractivity contribution in [1.82, 2.24) is 10.2 Å². The van der Waals surface area contributed by atoms with E-state index < -0.39 is 69.6 Å². The fraction of sp³-hybridized carbons (Fsp3) is 0.406. The average Bonchev–Trinajstić information content (AvgIpc) is 2.93. The second kappa shape index (κ2) is 10.6. The maximum atomic E-state index is 16.0. The van der Waals surface area contributed by atoms with Crippen LogP contribution in [0.25, 0.3) is 5.76 Å². The van der Waals surface area contributed by atoms with E-state index in [4.69, 9.17) is 5.73 Å². The van der Waals surface area contributed by atoms with Crippen molar-refractivity contribution in [2.24, 2.45) is 17.6 Å². The smallest absolute Gasteiger partial charge is 0.255 e. The summed E-state index contributed by atoms with van der Waals surface area (Å²) >= 11 is 0. The molecule has 3 aliphatic carbocycles. The molecule has 0 aromatic heterocycles. The average molecular weight is 594 g/mol. The molecule has 2 aromatic rings. The number of carbonyl (C=O) groups is 3. The van der Waals surface area contributed by atoms with Crippen LogP contribution >= 0.6 is 0 Å². The Hall–Kier alpha value is -4.06. The van der Waals surface area contributed by atoms with Crippen molar-refractivity contribution < 1.29 is 39.2 Å². The summed E-state index contributed by atoms with van der Waals surface area (Å²) in [5.74, 6) is -8.37. The second-order valence-corrected chi connectivity index (χ2v) is 12.5. The molecular formula is C32H36FN3O7. The van der Waals surface area contributed by atoms with Crippen LogP contribution in [0.2, 0.25) is 0 Å². The van der Waals surface area contributed by atoms with Crippen LogP contribution in [0.15, 0.2) is 53.3 Å². The Morgan fingerprint density at radius 1 is 1.16 bits per heavy atom. The third kappa shape index (κ3) is 4.62. The van der Waals surface area contributed by atoms with Crippen LogP contribution in [-0.2, 0) is 32.8 Å². The molecule has 0 radical (unpaired) electrons. The molecule has 0 spiro atoms. The van der Waals surface area contributed by atoms with Gasteiger partial charge >= 0.3 is 0 Å². The number of likely N-dealkylation sites (N-methyl/N-ethyl adjacent to an activating group) is 1. The number of phenols is 1. The van der Waals surface area contributed by atoms with E-state index >= 15 is 4.39 Å². The van der Waals surface area contributed by atoms with Gasteiger partial charge < -0.3 is 31.5 Å². The molecule has 228 valence electrons. The third-order valence-electron chi connectivity index (χ3n) is 9.17. The molecule has 1 saturated carbocycles. The summed E-state index contributed by atoms with van der Waals surface area (Å²) in [6.07, 6.45) is -0.225. The first kappa shape index (κ1) is 30.4. The van der Waals surface area contributed by atoms with Crippen molar-refractivity contribution in [1.29, 1.82) is 0 Å². The number of aliphatic hydroxyl groups excluding tert-OH is 2. The van der Waals surface area contributed by atoms with E-state index in [2.05, 4.69) is 19.2 Å². The maximum Gasteiger partial charge on any atom is 0.255 e. The van der Waals surface area contributed by atoms with E-state index in [1.54, 1.807) is 0 Å². The lowest BCUT2D eigenvalue weighted by molar-refractivity contribution is -0.153. The number of primary amides is 1. The van der Waals surface area contributed by atoms with Gasteiger partial charge in [0.15, 0.2) is 11.4 Å². The van der Waals surface area contributed by atoms with Crippen LogP contribution in [0.1, 0.15) is 42.5 Å². The molecule has 1 amide bonds. The Kier molecular flexibility index (Phi) is 7.48. The fourth-order valence-corrected chi connectivity index (χ4v) is 6.98. The van der Waals surface area contributed by atoms with Crippen LogP contribution in [0.3, 0.4) is 0 Å². The van der Waals surface area contributed by atoms with Crippen molar-refractivity contribution in [2.75, 3.05) is 20.6 Å². The Labute approximate surface area is 248 Å². The highest BCUT2D eigenvalue weighted by molar-refractivity contribution is 6.24. The summed E-state index contributed by atoms with van der Waals surface area (Å²) in [5.41, 5.74) is 2.12. The molecule has 2 aromatic carbocycles. The summed E-state index contributed by atoms with van der Waals surface area (Å²) < 4.78 is 16.0. The number of amides is 1. The minimum atomic E-state index is -2.74. The third-order valence-corrected chi connectivity index (χ3v) is 9.17. The summed E-state index contributed by atoms with van der Waals surface area (Å²) in [6.45, 7) is 4.69. The summed E-state index contributed by atoms with van der Waals surface area (Å²) in [7, 11) is 3.03. The number of nitrogens with one attached hydrogen (secondary N) is 1. The van der Waals surface area contributed by atoms with Gasteiger partial charge in [-0.25, -0.2) is 4.39 Å². The van der Waals surface area contributed by atoms with Gasteiger partial charge in [-0.2, -0.15) is 0 Å². The fourth-order valence-electron chi connectivity index (χ4n) is 6.98. The van der Waals surface area contributed by atoms with E-state index in [9.17, 15) is 34.8 Å². The summed E-state index contributed by atoms with van der Waals surface area (Å²) in [4.78, 5) is 40.6. The number of hydrogen-bond acceptors (Lipinski definition) is 9. The quantitative estimate of drug-likeness (QED) is 0.263. The largest absolute Gasteiger partial charge is 0.508 e. The molecule has 1 fully saturated rings. The molecule has 0 heterocycles. The van der Waals surface area contributed by atoms with Gasteiger partial charge in [0, 0.05) is 41.1 Å². The Morgan fingerprint density at radius 2 is 1.81 bits per heavy atom. The van der Waals surface area contributed by atoms with Gasteiger partial charge in [0.05, 0.1) is 11.6 Å². The van der Waals surface area contributed by atoms with Crippen LogP contribution < -0.4 is 11.1 Å². The first-order chi connectivity index (χ1) is 20.1. The SMILES string of the molecule is CN(C)[C@@H]1C(=O)C(C(N)=O)=C(O)[C@@]2(O)C(=O)C3=C(O)c4c(O)cc(CNCC(C)(C)c5ccccc5)c(F)c4C[C@H]3C[C@@H]12. The van der Waals surface area contributed by atoms with E-state index in [1.165, 1.54) is 25.1 Å². The van der Waals surface area contributed by atoms with E-state index in [0.29, 0.717) is 6.54 Å². The molecule has 11 heteroatoms. The predicted molar refractivity (Wildman–Crippen MR) is 155 cm³/mol. The van der Waals surface area contributed by atoms with Crippen molar-refractivity contribution in [2.45, 2.75) is 50.3 Å².